The number of hydrogen-bond donors (Lipinski definition) is 0. The molecule has 3 aliphatic carbocycles. The summed E-state index contributed by atoms with van der Waals surface area (Å²) in [5.74, 6) is 0. The van der Waals surface area contributed by atoms with Crippen LogP contribution in [0.1, 0.15) is 184 Å². The molecular formula is C76H80BN3S. The lowest BCUT2D eigenvalue weighted by molar-refractivity contribution is 0.195. The van der Waals surface area contributed by atoms with Gasteiger partial charge in [0.1, 0.15) is 0 Å². The Morgan fingerprint density at radius 1 is 0.444 bits per heavy atom. The molecule has 4 heterocycles. The minimum absolute atomic E-state index is 0.00585. The smallest absolute Gasteiger partial charge is 0.252 e. The number of thiophene rings is 1. The standard InChI is InChI=1S/C76H80BN3S/c1-45-36-65-69-66(37-45)79(62-43-55-54(38-46(62)2)71(6,7)34-35-72(55,8)9)63-41-49(80-61-30-26-47(70(3,4)5)39-58(61)75(14)32-20-21-33-76(75,80)15)27-29-59(63)77(69)60-42-56-57(74(12,13)53-24-18-17-23-52(53)73(56,10)11)44-64(60)78(65)48-28-31-68-51(40-48)50-22-16-19-25-67(50)81-68/h16-19,22-31,36-44H,20-21,32-35H2,1-15H3. The molecular weight excluding hydrogens is 998 g/mol. The average molecular weight is 1080 g/mol. The Bertz CT molecular complexity index is 4220. The first-order valence-electron chi connectivity index (χ1n) is 30.5. The molecule has 0 N–H and O–H groups in total. The molecule has 0 radical (unpaired) electrons. The SMILES string of the molecule is Cc1cc2c3c(c1)N(c1cc4c(cc1C)C(C)(C)CCC4(C)C)c1cc(N4c5ccc(C(C)(C)C)cc5C5(C)CCCCC45C)ccc1B3c1cc3c(cc1N2c1ccc2sc4ccccc4c2c1)C(C)(C)c1ccccc1C3(C)C. The van der Waals surface area contributed by atoms with Crippen LogP contribution in [0.15, 0.2) is 140 Å². The lowest BCUT2D eigenvalue weighted by atomic mass is 9.33. The number of benzene rings is 8. The lowest BCUT2D eigenvalue weighted by Crippen LogP contribution is -2.62. The van der Waals surface area contributed by atoms with Gasteiger partial charge in [-0.25, -0.2) is 0 Å². The van der Waals surface area contributed by atoms with Crippen molar-refractivity contribution in [3.05, 3.63) is 195 Å². The molecule has 0 amide bonds. The molecule has 2 unspecified atom stereocenters. The van der Waals surface area contributed by atoms with Crippen LogP contribution < -0.4 is 31.1 Å². The highest BCUT2D eigenvalue weighted by Gasteiger charge is 2.58. The van der Waals surface area contributed by atoms with Gasteiger partial charge in [0.25, 0.3) is 6.71 Å². The normalized spacial score (nSPS) is 22.1. The van der Waals surface area contributed by atoms with Crippen LogP contribution in [0.25, 0.3) is 20.2 Å². The van der Waals surface area contributed by atoms with Gasteiger partial charge in [-0.1, -0.05) is 169 Å². The number of anilines is 8. The number of hydrogen-bond acceptors (Lipinski definition) is 4. The fraction of sp³-hybridized carbons (Fsp3) is 0.368. The van der Waals surface area contributed by atoms with E-state index in [1.54, 1.807) is 0 Å². The molecule has 3 nitrogen and oxygen atoms in total. The summed E-state index contributed by atoms with van der Waals surface area (Å²) < 4.78 is 2.66. The van der Waals surface area contributed by atoms with Gasteiger partial charge < -0.3 is 14.7 Å². The van der Waals surface area contributed by atoms with Crippen LogP contribution in [0, 0.1) is 13.8 Å². The van der Waals surface area contributed by atoms with Gasteiger partial charge in [0.2, 0.25) is 0 Å². The van der Waals surface area contributed by atoms with Crippen LogP contribution in [-0.4, -0.2) is 12.3 Å². The molecule has 8 aromatic carbocycles. The summed E-state index contributed by atoms with van der Waals surface area (Å²) in [5.41, 5.74) is 28.4. The fourth-order valence-corrected chi connectivity index (χ4v) is 18.2. The zero-order valence-electron chi connectivity index (χ0n) is 50.8. The number of nitrogens with zero attached hydrogens (tertiary/aromatic N) is 3. The minimum atomic E-state index is -0.224. The first-order chi connectivity index (χ1) is 38.3. The molecule has 0 bridgehead atoms. The van der Waals surface area contributed by atoms with Crippen LogP contribution in [0.3, 0.4) is 0 Å². The lowest BCUT2D eigenvalue weighted by Gasteiger charge is -2.51. The van der Waals surface area contributed by atoms with Crippen LogP contribution in [0.4, 0.5) is 45.5 Å². The Hall–Kier alpha value is -6.56. The van der Waals surface area contributed by atoms with E-state index in [-0.39, 0.29) is 44.7 Å². The first-order valence-corrected chi connectivity index (χ1v) is 31.4. The van der Waals surface area contributed by atoms with Crippen LogP contribution in [0.5, 0.6) is 0 Å². The van der Waals surface area contributed by atoms with Crippen molar-refractivity contribution in [2.45, 2.75) is 180 Å². The monoisotopic (exact) mass is 1080 g/mol. The molecule has 3 aliphatic heterocycles. The van der Waals surface area contributed by atoms with E-state index in [2.05, 4.69) is 258 Å². The summed E-state index contributed by atoms with van der Waals surface area (Å²) in [6.07, 6.45) is 7.20. The van der Waals surface area contributed by atoms with Crippen LogP contribution in [-0.2, 0) is 32.5 Å². The second kappa shape index (κ2) is 16.6. The molecule has 0 spiro atoms. The van der Waals surface area contributed by atoms with Crippen molar-refractivity contribution in [1.82, 2.24) is 0 Å². The maximum absolute atomic E-state index is 2.83. The van der Waals surface area contributed by atoms with Gasteiger partial charge in [-0.05, 0) is 201 Å². The van der Waals surface area contributed by atoms with Crippen molar-refractivity contribution in [1.29, 1.82) is 0 Å². The van der Waals surface area contributed by atoms with Crippen molar-refractivity contribution in [3.63, 3.8) is 0 Å². The summed E-state index contributed by atoms with van der Waals surface area (Å²) in [6, 6.07) is 56.6. The number of aryl methyl sites for hydroxylation is 2. The third kappa shape index (κ3) is 6.88. The maximum atomic E-state index is 2.83. The Labute approximate surface area is 487 Å². The summed E-state index contributed by atoms with van der Waals surface area (Å²) in [4.78, 5) is 8.28. The topological polar surface area (TPSA) is 9.72 Å². The molecule has 0 saturated heterocycles. The third-order valence-electron chi connectivity index (χ3n) is 22.2. The molecule has 5 heteroatoms. The van der Waals surface area contributed by atoms with E-state index in [9.17, 15) is 0 Å². The van der Waals surface area contributed by atoms with Gasteiger partial charge >= 0.3 is 0 Å². The van der Waals surface area contributed by atoms with E-state index < -0.39 is 0 Å². The van der Waals surface area contributed by atoms with Gasteiger partial charge in [0.15, 0.2) is 0 Å². The maximum Gasteiger partial charge on any atom is 0.252 e. The predicted molar refractivity (Wildman–Crippen MR) is 350 cm³/mol. The Balaban J connectivity index is 1.05. The van der Waals surface area contributed by atoms with Crippen molar-refractivity contribution in [2.24, 2.45) is 0 Å². The molecule has 1 aromatic heterocycles. The zero-order valence-corrected chi connectivity index (χ0v) is 51.7. The largest absolute Gasteiger partial charge is 0.334 e. The van der Waals surface area contributed by atoms with Crippen molar-refractivity contribution in [2.75, 3.05) is 14.7 Å². The fourth-order valence-electron chi connectivity index (χ4n) is 17.1. The van der Waals surface area contributed by atoms with E-state index >= 15 is 0 Å². The van der Waals surface area contributed by atoms with Gasteiger partial charge in [-0.15, -0.1) is 11.3 Å². The molecule has 15 rings (SSSR count). The molecule has 81 heavy (non-hydrogen) atoms. The summed E-state index contributed by atoms with van der Waals surface area (Å²) >= 11 is 1.90. The van der Waals surface area contributed by atoms with Gasteiger partial charge in [0.05, 0.1) is 5.54 Å². The Morgan fingerprint density at radius 3 is 1.77 bits per heavy atom. The van der Waals surface area contributed by atoms with E-state index in [4.69, 9.17) is 0 Å². The predicted octanol–water partition coefficient (Wildman–Crippen LogP) is 19.1. The molecule has 6 aliphatic rings. The molecule has 408 valence electrons. The number of fused-ring (bicyclic) bond motifs is 13. The Morgan fingerprint density at radius 2 is 1.05 bits per heavy atom. The molecule has 2 atom stereocenters. The molecule has 9 aromatic rings. The average Bonchev–Trinajstić information content (AvgIpc) is 3.03. The summed E-state index contributed by atoms with van der Waals surface area (Å²) in [5, 5.41) is 2.65. The van der Waals surface area contributed by atoms with Crippen molar-refractivity contribution in [3.8, 4) is 0 Å². The van der Waals surface area contributed by atoms with Gasteiger partial charge in [0, 0.05) is 81.9 Å². The summed E-state index contributed by atoms with van der Waals surface area (Å²) in [7, 11) is 0. The number of rotatable bonds is 3. The zero-order chi connectivity index (χ0) is 56.5. The van der Waals surface area contributed by atoms with E-state index in [1.807, 2.05) is 11.3 Å². The summed E-state index contributed by atoms with van der Waals surface area (Å²) in [6.45, 7) is 36.9. The van der Waals surface area contributed by atoms with Crippen molar-refractivity contribution < 1.29 is 0 Å². The van der Waals surface area contributed by atoms with E-state index in [1.165, 1.54) is 163 Å². The first kappa shape index (κ1) is 51.3. The van der Waals surface area contributed by atoms with Crippen LogP contribution >= 0.6 is 11.3 Å². The van der Waals surface area contributed by atoms with E-state index in [0.29, 0.717) is 0 Å². The molecule has 1 fully saturated rings. The van der Waals surface area contributed by atoms with Crippen molar-refractivity contribution >= 4 is 100 Å². The highest BCUT2D eigenvalue weighted by Crippen LogP contribution is 2.62. The quantitative estimate of drug-likeness (QED) is 0.163. The second-order valence-electron chi connectivity index (χ2n) is 29.7. The second-order valence-corrected chi connectivity index (χ2v) is 30.8. The highest BCUT2D eigenvalue weighted by molar-refractivity contribution is 7.25. The van der Waals surface area contributed by atoms with Crippen LogP contribution in [0.2, 0.25) is 0 Å². The third-order valence-corrected chi connectivity index (χ3v) is 23.4. The molecule has 1 saturated carbocycles. The minimum Gasteiger partial charge on any atom is -0.334 e. The van der Waals surface area contributed by atoms with E-state index in [0.717, 1.165) is 12.8 Å². The van der Waals surface area contributed by atoms with Gasteiger partial charge in [-0.3, -0.25) is 0 Å². The van der Waals surface area contributed by atoms with Gasteiger partial charge in [-0.2, -0.15) is 0 Å². The highest BCUT2D eigenvalue weighted by atomic mass is 32.1. The Kier molecular flexibility index (Phi) is 10.5.